The molecule has 3 rings (SSSR count). The molecule has 126 valence electrons. The van der Waals surface area contributed by atoms with Gasteiger partial charge in [0.25, 0.3) is 5.91 Å². The average Bonchev–Trinajstić information content (AvgIpc) is 2.67. The van der Waals surface area contributed by atoms with Crippen LogP contribution in [-0.2, 0) is 13.1 Å². The van der Waals surface area contributed by atoms with Gasteiger partial charge in [-0.05, 0) is 35.4 Å². The molecule has 1 aromatic carbocycles. The van der Waals surface area contributed by atoms with Crippen molar-refractivity contribution < 1.29 is 4.79 Å². The lowest BCUT2D eigenvalue weighted by molar-refractivity contribution is 0.0946. The number of benzene rings is 1. The third-order valence-electron chi connectivity index (χ3n) is 3.49. The lowest BCUT2D eigenvalue weighted by Gasteiger charge is -2.08. The maximum absolute atomic E-state index is 12.2. The zero-order valence-electron chi connectivity index (χ0n) is 13.3. The highest BCUT2D eigenvalue weighted by atomic mass is 35.5. The molecule has 6 nitrogen and oxygen atoms in total. The maximum atomic E-state index is 12.2. The van der Waals surface area contributed by atoms with E-state index in [2.05, 4.69) is 25.6 Å². The van der Waals surface area contributed by atoms with Gasteiger partial charge in [0, 0.05) is 36.6 Å². The summed E-state index contributed by atoms with van der Waals surface area (Å²) in [5.41, 5.74) is 2.34. The van der Waals surface area contributed by atoms with Crippen molar-refractivity contribution in [3.05, 3.63) is 83.0 Å². The minimum absolute atomic E-state index is 0.260. The summed E-state index contributed by atoms with van der Waals surface area (Å²) >= 11 is 5.85. The van der Waals surface area contributed by atoms with Gasteiger partial charge in [-0.15, -0.1) is 0 Å². The monoisotopic (exact) mass is 353 g/mol. The van der Waals surface area contributed by atoms with E-state index in [4.69, 9.17) is 11.6 Å². The Morgan fingerprint density at radius 3 is 2.44 bits per heavy atom. The zero-order valence-corrected chi connectivity index (χ0v) is 14.1. The Morgan fingerprint density at radius 1 is 0.960 bits per heavy atom. The Hall–Kier alpha value is -2.99. The molecule has 2 N–H and O–H groups in total. The highest BCUT2D eigenvalue weighted by molar-refractivity contribution is 6.30. The number of carbonyl (C=O) groups is 1. The number of amides is 1. The molecule has 1 amide bonds. The number of nitrogens with zero attached hydrogens (tertiary/aromatic N) is 3. The molecular formula is C18H16ClN5O. The van der Waals surface area contributed by atoms with E-state index >= 15 is 0 Å². The molecule has 0 aliphatic rings. The highest BCUT2D eigenvalue weighted by Crippen LogP contribution is 2.10. The van der Waals surface area contributed by atoms with Gasteiger partial charge in [0.15, 0.2) is 0 Å². The van der Waals surface area contributed by atoms with Crippen LogP contribution in [-0.4, -0.2) is 20.9 Å². The minimum atomic E-state index is -0.260. The standard InChI is InChI=1S/C18H16ClN5O/c19-15-3-1-13(2-4-15)11-22-18(25)16-9-17(24-12-23-16)21-10-14-5-7-20-8-6-14/h1-9,12H,10-11H2,(H,22,25)(H,21,23,24). The van der Waals surface area contributed by atoms with Crippen molar-refractivity contribution >= 4 is 23.3 Å². The Morgan fingerprint density at radius 2 is 1.68 bits per heavy atom. The summed E-state index contributed by atoms with van der Waals surface area (Å²) in [6, 6.07) is 12.7. The fraction of sp³-hybridized carbons (Fsp3) is 0.111. The zero-order chi connectivity index (χ0) is 17.5. The molecule has 3 aromatic rings. The predicted octanol–water partition coefficient (Wildman–Crippen LogP) is 3.07. The van der Waals surface area contributed by atoms with E-state index < -0.39 is 0 Å². The third kappa shape index (κ3) is 4.99. The van der Waals surface area contributed by atoms with Crippen molar-refractivity contribution in [2.75, 3.05) is 5.32 Å². The molecule has 25 heavy (non-hydrogen) atoms. The van der Waals surface area contributed by atoms with Gasteiger partial charge in [0.05, 0.1) is 0 Å². The van der Waals surface area contributed by atoms with Gasteiger partial charge in [-0.1, -0.05) is 23.7 Å². The van der Waals surface area contributed by atoms with E-state index in [1.54, 1.807) is 30.6 Å². The number of hydrogen-bond donors (Lipinski definition) is 2. The molecule has 7 heteroatoms. The lowest BCUT2D eigenvalue weighted by Crippen LogP contribution is -2.24. The van der Waals surface area contributed by atoms with Crippen LogP contribution in [0.15, 0.2) is 61.2 Å². The van der Waals surface area contributed by atoms with Crippen molar-refractivity contribution in [1.29, 1.82) is 0 Å². The normalized spacial score (nSPS) is 10.3. The van der Waals surface area contributed by atoms with Crippen LogP contribution in [0.4, 0.5) is 5.82 Å². The van der Waals surface area contributed by atoms with Gasteiger partial charge in [0.2, 0.25) is 0 Å². The molecule has 0 aliphatic carbocycles. The average molecular weight is 354 g/mol. The summed E-state index contributed by atoms with van der Waals surface area (Å²) in [5.74, 6) is 0.327. The number of hydrogen-bond acceptors (Lipinski definition) is 5. The quantitative estimate of drug-likeness (QED) is 0.712. The van der Waals surface area contributed by atoms with Crippen molar-refractivity contribution in [2.45, 2.75) is 13.1 Å². The second-order valence-electron chi connectivity index (χ2n) is 5.31. The summed E-state index contributed by atoms with van der Waals surface area (Å²) in [7, 11) is 0. The summed E-state index contributed by atoms with van der Waals surface area (Å²) in [6.45, 7) is 0.991. The minimum Gasteiger partial charge on any atom is -0.366 e. The van der Waals surface area contributed by atoms with E-state index in [0.29, 0.717) is 29.6 Å². The van der Waals surface area contributed by atoms with Crippen molar-refractivity contribution in [3.63, 3.8) is 0 Å². The summed E-state index contributed by atoms with van der Waals surface area (Å²) in [5, 5.41) is 6.65. The number of carbonyl (C=O) groups excluding carboxylic acids is 1. The smallest absolute Gasteiger partial charge is 0.270 e. The topological polar surface area (TPSA) is 79.8 Å². The first-order chi connectivity index (χ1) is 12.2. The van der Waals surface area contributed by atoms with Crippen molar-refractivity contribution in [2.24, 2.45) is 0 Å². The van der Waals surface area contributed by atoms with E-state index in [9.17, 15) is 4.79 Å². The molecular weight excluding hydrogens is 338 g/mol. The molecule has 0 fully saturated rings. The first-order valence-electron chi connectivity index (χ1n) is 7.68. The highest BCUT2D eigenvalue weighted by Gasteiger charge is 2.08. The Labute approximate surface area is 150 Å². The van der Waals surface area contributed by atoms with Gasteiger partial charge < -0.3 is 10.6 Å². The molecule has 0 unspecified atom stereocenters. The molecule has 2 aromatic heterocycles. The first-order valence-corrected chi connectivity index (χ1v) is 8.06. The van der Waals surface area contributed by atoms with Crippen molar-refractivity contribution in [1.82, 2.24) is 20.3 Å². The van der Waals surface area contributed by atoms with Gasteiger partial charge in [0.1, 0.15) is 17.8 Å². The number of anilines is 1. The molecule has 0 saturated carbocycles. The van der Waals surface area contributed by atoms with Gasteiger partial charge in [-0.2, -0.15) is 0 Å². The van der Waals surface area contributed by atoms with Gasteiger partial charge in [-0.3, -0.25) is 9.78 Å². The fourth-order valence-corrected chi connectivity index (χ4v) is 2.27. The third-order valence-corrected chi connectivity index (χ3v) is 3.74. The number of nitrogens with one attached hydrogen (secondary N) is 2. The molecule has 0 bridgehead atoms. The van der Waals surface area contributed by atoms with Crippen LogP contribution in [0.5, 0.6) is 0 Å². The number of halogens is 1. The molecule has 0 saturated heterocycles. The fourth-order valence-electron chi connectivity index (χ4n) is 2.15. The molecule has 0 radical (unpaired) electrons. The number of aromatic nitrogens is 3. The lowest BCUT2D eigenvalue weighted by atomic mass is 10.2. The summed E-state index contributed by atoms with van der Waals surface area (Å²) in [6.07, 6.45) is 4.82. The largest absolute Gasteiger partial charge is 0.366 e. The number of rotatable bonds is 6. The Bertz CT molecular complexity index is 840. The van der Waals surface area contributed by atoms with Crippen LogP contribution in [0.1, 0.15) is 21.6 Å². The Balaban J connectivity index is 1.58. The molecule has 0 atom stereocenters. The number of pyridine rings is 1. The van der Waals surface area contributed by atoms with Crippen LogP contribution >= 0.6 is 11.6 Å². The predicted molar refractivity (Wildman–Crippen MR) is 96.2 cm³/mol. The Kier molecular flexibility index (Phi) is 5.53. The van der Waals surface area contributed by atoms with E-state index in [-0.39, 0.29) is 5.91 Å². The SMILES string of the molecule is O=C(NCc1ccc(Cl)cc1)c1cc(NCc2ccncc2)ncn1. The van der Waals surface area contributed by atoms with Crippen LogP contribution in [0.3, 0.4) is 0 Å². The van der Waals surface area contributed by atoms with Crippen LogP contribution in [0, 0.1) is 0 Å². The van der Waals surface area contributed by atoms with E-state index in [1.807, 2.05) is 24.3 Å². The van der Waals surface area contributed by atoms with Crippen molar-refractivity contribution in [3.8, 4) is 0 Å². The van der Waals surface area contributed by atoms with Crippen LogP contribution in [0.2, 0.25) is 5.02 Å². The van der Waals surface area contributed by atoms with E-state index in [0.717, 1.165) is 11.1 Å². The molecule has 0 spiro atoms. The summed E-state index contributed by atoms with van der Waals surface area (Å²) in [4.78, 5) is 24.4. The van der Waals surface area contributed by atoms with Crippen LogP contribution in [0.25, 0.3) is 0 Å². The van der Waals surface area contributed by atoms with Crippen LogP contribution < -0.4 is 10.6 Å². The van der Waals surface area contributed by atoms with E-state index in [1.165, 1.54) is 6.33 Å². The molecule has 2 heterocycles. The first kappa shape index (κ1) is 16.9. The molecule has 0 aliphatic heterocycles. The van der Waals surface area contributed by atoms with Gasteiger partial charge in [-0.25, -0.2) is 9.97 Å². The second-order valence-corrected chi connectivity index (χ2v) is 5.74. The maximum Gasteiger partial charge on any atom is 0.270 e. The second kappa shape index (κ2) is 8.21. The summed E-state index contributed by atoms with van der Waals surface area (Å²) < 4.78 is 0. The van der Waals surface area contributed by atoms with Gasteiger partial charge >= 0.3 is 0 Å².